The van der Waals surface area contributed by atoms with E-state index in [1.54, 1.807) is 14.1 Å². The predicted octanol–water partition coefficient (Wildman–Crippen LogP) is 0.492. The Labute approximate surface area is 67.9 Å². The Morgan fingerprint density at radius 1 is 1.27 bits per heavy atom. The highest BCUT2D eigenvalue weighted by Crippen LogP contribution is 2.21. The molecule has 3 heteroatoms. The average molecular weight is 156 g/mol. The lowest BCUT2D eigenvalue weighted by Gasteiger charge is -2.24. The summed E-state index contributed by atoms with van der Waals surface area (Å²) in [4.78, 5) is 11.2. The van der Waals surface area contributed by atoms with E-state index in [2.05, 4.69) is 17.2 Å². The highest BCUT2D eigenvalue weighted by Gasteiger charge is 2.29. The van der Waals surface area contributed by atoms with Gasteiger partial charge in [-0.1, -0.05) is 6.58 Å². The third-order valence-electron chi connectivity index (χ3n) is 1.85. The molecule has 0 bridgehead atoms. The second-order valence-corrected chi connectivity index (χ2v) is 2.93. The molecule has 0 fully saturated rings. The highest BCUT2D eigenvalue weighted by atomic mass is 16.2. The van der Waals surface area contributed by atoms with Gasteiger partial charge in [-0.15, -0.1) is 0 Å². The summed E-state index contributed by atoms with van der Waals surface area (Å²) in [5.74, 6) is -0.0307. The van der Waals surface area contributed by atoms with Crippen LogP contribution in [-0.4, -0.2) is 20.0 Å². The maximum Gasteiger partial charge on any atom is 0.231 e. The van der Waals surface area contributed by atoms with Crippen LogP contribution < -0.4 is 10.6 Å². The van der Waals surface area contributed by atoms with Crippen molar-refractivity contribution in [3.8, 4) is 0 Å². The largest absolute Gasteiger partial charge is 0.391 e. The van der Waals surface area contributed by atoms with Gasteiger partial charge in [0.2, 0.25) is 5.91 Å². The average Bonchev–Trinajstić information content (AvgIpc) is 2.01. The minimum absolute atomic E-state index is 0.0307. The second kappa shape index (κ2) is 3.42. The molecule has 64 valence electrons. The molecule has 0 rings (SSSR count). The van der Waals surface area contributed by atoms with E-state index >= 15 is 0 Å². The molecule has 0 aliphatic rings. The molecule has 0 atom stereocenters. The van der Waals surface area contributed by atoms with Gasteiger partial charge in [-0.3, -0.25) is 4.79 Å². The predicted molar refractivity (Wildman–Crippen MR) is 46.0 cm³/mol. The first kappa shape index (κ1) is 10.0. The van der Waals surface area contributed by atoms with Crippen molar-refractivity contribution >= 4 is 5.91 Å². The molecule has 0 saturated heterocycles. The first-order chi connectivity index (χ1) is 4.96. The van der Waals surface area contributed by atoms with Crippen LogP contribution in [-0.2, 0) is 4.79 Å². The molecule has 3 nitrogen and oxygen atoms in total. The first-order valence-electron chi connectivity index (χ1n) is 3.56. The van der Waals surface area contributed by atoms with Crippen LogP contribution in [0.15, 0.2) is 12.3 Å². The summed E-state index contributed by atoms with van der Waals surface area (Å²) in [6.45, 7) is 7.39. The van der Waals surface area contributed by atoms with Crippen molar-refractivity contribution in [2.75, 3.05) is 14.1 Å². The van der Waals surface area contributed by atoms with E-state index in [4.69, 9.17) is 0 Å². The van der Waals surface area contributed by atoms with E-state index in [0.29, 0.717) is 0 Å². The molecule has 0 aromatic rings. The van der Waals surface area contributed by atoms with Crippen molar-refractivity contribution in [2.24, 2.45) is 5.41 Å². The minimum Gasteiger partial charge on any atom is -0.391 e. The lowest BCUT2D eigenvalue weighted by molar-refractivity contribution is -0.127. The fraction of sp³-hybridized carbons (Fsp3) is 0.625. The van der Waals surface area contributed by atoms with Gasteiger partial charge >= 0.3 is 0 Å². The Hall–Kier alpha value is -0.990. The van der Waals surface area contributed by atoms with Crippen LogP contribution in [0.1, 0.15) is 13.8 Å². The van der Waals surface area contributed by atoms with Crippen molar-refractivity contribution in [3.63, 3.8) is 0 Å². The Morgan fingerprint density at radius 2 is 1.73 bits per heavy atom. The SMILES string of the molecule is C=C(NC)C(C)(C)C(=O)NC. The molecule has 0 aliphatic carbocycles. The fourth-order valence-electron chi connectivity index (χ4n) is 0.762. The number of hydrogen-bond acceptors (Lipinski definition) is 2. The van der Waals surface area contributed by atoms with Gasteiger partial charge in [0, 0.05) is 19.8 Å². The zero-order valence-corrected chi connectivity index (χ0v) is 7.62. The van der Waals surface area contributed by atoms with Crippen molar-refractivity contribution in [1.29, 1.82) is 0 Å². The quantitative estimate of drug-likeness (QED) is 0.624. The van der Waals surface area contributed by atoms with Crippen LogP contribution in [0.5, 0.6) is 0 Å². The van der Waals surface area contributed by atoms with E-state index < -0.39 is 5.41 Å². The van der Waals surface area contributed by atoms with Crippen LogP contribution in [0.3, 0.4) is 0 Å². The monoisotopic (exact) mass is 156 g/mol. The normalized spacial score (nSPS) is 10.5. The van der Waals surface area contributed by atoms with Crippen molar-refractivity contribution in [1.82, 2.24) is 10.6 Å². The molecular weight excluding hydrogens is 140 g/mol. The number of amides is 1. The van der Waals surface area contributed by atoms with Gasteiger partial charge in [0.05, 0.1) is 5.41 Å². The summed E-state index contributed by atoms with van der Waals surface area (Å²) < 4.78 is 0. The Kier molecular flexibility index (Phi) is 3.11. The Morgan fingerprint density at radius 3 is 2.00 bits per heavy atom. The summed E-state index contributed by atoms with van der Waals surface area (Å²) in [5.41, 5.74) is 0.181. The smallest absolute Gasteiger partial charge is 0.231 e. The zero-order valence-electron chi connectivity index (χ0n) is 7.62. The standard InChI is InChI=1S/C8H16N2O/c1-6(9-4)8(2,3)7(11)10-5/h9H,1H2,2-5H3,(H,10,11). The Bertz CT molecular complexity index is 155. The van der Waals surface area contributed by atoms with E-state index in [-0.39, 0.29) is 5.91 Å². The number of carbonyl (C=O) groups is 1. The summed E-state index contributed by atoms with van der Waals surface area (Å²) in [6.07, 6.45) is 0. The summed E-state index contributed by atoms with van der Waals surface area (Å²) in [5, 5.41) is 5.45. The fourth-order valence-corrected chi connectivity index (χ4v) is 0.762. The molecular formula is C8H16N2O. The van der Waals surface area contributed by atoms with Crippen LogP contribution in [0.2, 0.25) is 0 Å². The minimum atomic E-state index is -0.538. The van der Waals surface area contributed by atoms with E-state index in [1.165, 1.54) is 0 Å². The van der Waals surface area contributed by atoms with Crippen molar-refractivity contribution in [2.45, 2.75) is 13.8 Å². The molecule has 0 aliphatic heterocycles. The van der Waals surface area contributed by atoms with Gasteiger partial charge in [0.1, 0.15) is 0 Å². The van der Waals surface area contributed by atoms with Gasteiger partial charge in [-0.05, 0) is 13.8 Å². The molecule has 2 N–H and O–H groups in total. The molecule has 11 heavy (non-hydrogen) atoms. The highest BCUT2D eigenvalue weighted by molar-refractivity contribution is 5.84. The van der Waals surface area contributed by atoms with Crippen molar-refractivity contribution in [3.05, 3.63) is 12.3 Å². The molecule has 0 radical (unpaired) electrons. The van der Waals surface area contributed by atoms with E-state index in [9.17, 15) is 4.79 Å². The topological polar surface area (TPSA) is 41.1 Å². The molecule has 0 heterocycles. The van der Waals surface area contributed by atoms with Gasteiger partial charge in [0.25, 0.3) is 0 Å². The summed E-state index contributed by atoms with van der Waals surface area (Å²) in [6, 6.07) is 0. The van der Waals surface area contributed by atoms with Gasteiger partial charge in [0.15, 0.2) is 0 Å². The van der Waals surface area contributed by atoms with Crippen LogP contribution >= 0.6 is 0 Å². The first-order valence-corrected chi connectivity index (χ1v) is 3.56. The molecule has 0 unspecified atom stereocenters. The molecule has 0 spiro atoms. The maximum absolute atomic E-state index is 11.2. The molecule has 0 aromatic heterocycles. The van der Waals surface area contributed by atoms with Crippen LogP contribution in [0.25, 0.3) is 0 Å². The Balaban J connectivity index is 4.44. The number of hydrogen-bond donors (Lipinski definition) is 2. The van der Waals surface area contributed by atoms with Crippen LogP contribution in [0, 0.1) is 5.41 Å². The summed E-state index contributed by atoms with van der Waals surface area (Å²) >= 11 is 0. The lowest BCUT2D eigenvalue weighted by atomic mass is 9.89. The van der Waals surface area contributed by atoms with Gasteiger partial charge < -0.3 is 10.6 Å². The number of rotatable bonds is 3. The lowest BCUT2D eigenvalue weighted by Crippen LogP contribution is -2.39. The zero-order chi connectivity index (χ0) is 9.07. The van der Waals surface area contributed by atoms with Crippen molar-refractivity contribution < 1.29 is 4.79 Å². The number of carbonyl (C=O) groups excluding carboxylic acids is 1. The van der Waals surface area contributed by atoms with Crippen LogP contribution in [0.4, 0.5) is 0 Å². The number of nitrogens with one attached hydrogen (secondary N) is 2. The summed E-state index contributed by atoms with van der Waals surface area (Å²) in [7, 11) is 3.38. The maximum atomic E-state index is 11.2. The molecule has 0 aromatic carbocycles. The van der Waals surface area contributed by atoms with Gasteiger partial charge in [-0.2, -0.15) is 0 Å². The molecule has 0 saturated carbocycles. The van der Waals surface area contributed by atoms with E-state index in [1.807, 2.05) is 13.8 Å². The molecule has 1 amide bonds. The third kappa shape index (κ3) is 1.97. The second-order valence-electron chi connectivity index (χ2n) is 2.93. The van der Waals surface area contributed by atoms with E-state index in [0.717, 1.165) is 5.70 Å². The van der Waals surface area contributed by atoms with Gasteiger partial charge in [-0.25, -0.2) is 0 Å². The third-order valence-corrected chi connectivity index (χ3v) is 1.85.